The maximum Gasteiger partial charge on any atom is -0.0231 e. The third-order valence-corrected chi connectivity index (χ3v) is 2.78. The van der Waals surface area contributed by atoms with Crippen LogP contribution in [-0.4, -0.2) is 0 Å². The van der Waals surface area contributed by atoms with Crippen LogP contribution in [-0.2, 0) is 0 Å². The van der Waals surface area contributed by atoms with E-state index in [1.54, 1.807) is 0 Å². The molecule has 0 N–H and O–H groups in total. The van der Waals surface area contributed by atoms with Gasteiger partial charge in [-0.1, -0.05) is 64.8 Å². The average molecular weight is 238 g/mol. The zero-order chi connectivity index (χ0) is 14.1. The van der Waals surface area contributed by atoms with Crippen LogP contribution >= 0.6 is 0 Å². The van der Waals surface area contributed by atoms with E-state index >= 15 is 0 Å². The Morgan fingerprint density at radius 3 is 1.82 bits per heavy atom. The molecule has 1 atom stereocenters. The van der Waals surface area contributed by atoms with Crippen LogP contribution in [0, 0.1) is 11.3 Å². The van der Waals surface area contributed by atoms with Gasteiger partial charge >= 0.3 is 0 Å². The van der Waals surface area contributed by atoms with Crippen LogP contribution in [0.15, 0.2) is 23.3 Å². The monoisotopic (exact) mass is 238 g/mol. The van der Waals surface area contributed by atoms with Crippen LogP contribution in [0.2, 0.25) is 0 Å². The Kier molecular flexibility index (Phi) is 10.5. The summed E-state index contributed by atoms with van der Waals surface area (Å²) in [5, 5.41) is 0. The summed E-state index contributed by atoms with van der Waals surface area (Å²) in [6.45, 7) is 19.8. The van der Waals surface area contributed by atoms with Gasteiger partial charge in [-0.15, -0.1) is 0 Å². The van der Waals surface area contributed by atoms with E-state index in [0.717, 1.165) is 0 Å². The fourth-order valence-electron chi connectivity index (χ4n) is 1.34. The van der Waals surface area contributed by atoms with Gasteiger partial charge in [-0.25, -0.2) is 0 Å². The Morgan fingerprint density at radius 1 is 1.00 bits per heavy atom. The molecule has 0 spiro atoms. The molecule has 102 valence electrons. The summed E-state index contributed by atoms with van der Waals surface area (Å²) in [5.74, 6) is 0.708. The molecule has 0 saturated heterocycles. The van der Waals surface area contributed by atoms with Crippen molar-refractivity contribution in [1.29, 1.82) is 0 Å². The van der Waals surface area contributed by atoms with E-state index in [1.165, 1.54) is 24.0 Å². The summed E-state index contributed by atoms with van der Waals surface area (Å²) in [6.07, 6.45) is 7.07. The summed E-state index contributed by atoms with van der Waals surface area (Å²) in [7, 11) is 0. The quantitative estimate of drug-likeness (QED) is 0.498. The molecule has 0 amide bonds. The number of hydrogen-bond donors (Lipinski definition) is 0. The van der Waals surface area contributed by atoms with E-state index in [-0.39, 0.29) is 0 Å². The molecule has 0 nitrogen and oxygen atoms in total. The molecule has 0 aliphatic rings. The molecule has 1 unspecified atom stereocenters. The zero-order valence-electron chi connectivity index (χ0n) is 13.6. The number of rotatable bonds is 4. The van der Waals surface area contributed by atoms with Crippen molar-refractivity contribution in [3.8, 4) is 0 Å². The van der Waals surface area contributed by atoms with E-state index < -0.39 is 0 Å². The highest BCUT2D eigenvalue weighted by molar-refractivity contribution is 5.15. The molecule has 0 radical (unpaired) electrons. The molecule has 0 aliphatic heterocycles. The van der Waals surface area contributed by atoms with Crippen molar-refractivity contribution in [1.82, 2.24) is 0 Å². The van der Waals surface area contributed by atoms with Crippen LogP contribution in [0.4, 0.5) is 0 Å². The molecule has 0 aromatic rings. The van der Waals surface area contributed by atoms with Crippen LogP contribution in [0.1, 0.15) is 75.2 Å². The molecule has 0 bridgehead atoms. The summed E-state index contributed by atoms with van der Waals surface area (Å²) >= 11 is 0. The Balaban J connectivity index is 0. The number of hydrogen-bond acceptors (Lipinski definition) is 0. The van der Waals surface area contributed by atoms with Crippen LogP contribution in [0.5, 0.6) is 0 Å². The first kappa shape index (κ1) is 18.8. The van der Waals surface area contributed by atoms with Gasteiger partial charge in [-0.3, -0.25) is 0 Å². The first-order valence-corrected chi connectivity index (χ1v) is 7.04. The van der Waals surface area contributed by atoms with Crippen molar-refractivity contribution in [3.05, 3.63) is 23.3 Å². The van der Waals surface area contributed by atoms with Crippen molar-refractivity contribution in [2.75, 3.05) is 0 Å². The van der Waals surface area contributed by atoms with Crippen LogP contribution < -0.4 is 0 Å². The minimum Gasteiger partial charge on any atom is -0.0764 e. The van der Waals surface area contributed by atoms with E-state index in [2.05, 4.69) is 60.6 Å². The third kappa shape index (κ3) is 13.4. The largest absolute Gasteiger partial charge is 0.0764 e. The van der Waals surface area contributed by atoms with E-state index in [0.29, 0.717) is 11.3 Å². The predicted octanol–water partition coefficient (Wildman–Crippen LogP) is 6.39. The van der Waals surface area contributed by atoms with E-state index in [1.807, 2.05) is 13.8 Å². The van der Waals surface area contributed by atoms with Gasteiger partial charge in [0.2, 0.25) is 0 Å². The Morgan fingerprint density at radius 2 is 1.47 bits per heavy atom. The molecule has 0 aromatic heterocycles. The topological polar surface area (TPSA) is 0 Å². The first-order chi connectivity index (χ1) is 7.72. The van der Waals surface area contributed by atoms with Gasteiger partial charge in [0, 0.05) is 0 Å². The van der Waals surface area contributed by atoms with Crippen molar-refractivity contribution in [2.24, 2.45) is 11.3 Å². The maximum atomic E-state index is 2.33. The predicted molar refractivity (Wildman–Crippen MR) is 82.4 cm³/mol. The lowest BCUT2D eigenvalue weighted by molar-refractivity contribution is 0.343. The van der Waals surface area contributed by atoms with Gasteiger partial charge in [0.05, 0.1) is 0 Å². The first-order valence-electron chi connectivity index (χ1n) is 7.04. The lowest BCUT2D eigenvalue weighted by atomic mass is 9.85. The molecule has 0 aromatic carbocycles. The Bertz CT molecular complexity index is 231. The average Bonchev–Trinajstić information content (AvgIpc) is 2.24. The molecule has 0 heteroatoms. The smallest absolute Gasteiger partial charge is 0.0231 e. The third-order valence-electron chi connectivity index (χ3n) is 2.78. The summed E-state index contributed by atoms with van der Waals surface area (Å²) in [5.41, 5.74) is 3.34. The normalized spacial score (nSPS) is 13.6. The van der Waals surface area contributed by atoms with Crippen molar-refractivity contribution in [2.45, 2.75) is 75.2 Å². The highest BCUT2D eigenvalue weighted by Crippen LogP contribution is 2.26. The highest BCUT2D eigenvalue weighted by atomic mass is 14.2. The summed E-state index contributed by atoms with van der Waals surface area (Å²) in [4.78, 5) is 0. The second-order valence-corrected chi connectivity index (χ2v) is 6.16. The molecule has 17 heavy (non-hydrogen) atoms. The van der Waals surface area contributed by atoms with Gasteiger partial charge in [0.15, 0.2) is 0 Å². The molecule has 0 saturated carbocycles. The van der Waals surface area contributed by atoms with Crippen molar-refractivity contribution < 1.29 is 0 Å². The molecular weight excluding hydrogens is 204 g/mol. The summed E-state index contributed by atoms with van der Waals surface area (Å²) < 4.78 is 0. The van der Waals surface area contributed by atoms with Gasteiger partial charge in [-0.2, -0.15) is 0 Å². The maximum absolute atomic E-state index is 2.33. The second-order valence-electron chi connectivity index (χ2n) is 6.16. The molecular formula is C17H34. The van der Waals surface area contributed by atoms with Crippen LogP contribution in [0.25, 0.3) is 0 Å². The minimum atomic E-state index is 0.463. The second kappa shape index (κ2) is 9.50. The van der Waals surface area contributed by atoms with Crippen LogP contribution in [0.3, 0.4) is 0 Å². The standard InChI is InChI=1S/C15H28.C2H6/c1-12(2)8-9-13(3)14(4)10-11-15(5,6)7;1-2/h8-9,14H,10-11H2,1-7H3;1-2H3/b13-9+;. The van der Waals surface area contributed by atoms with Gasteiger partial charge < -0.3 is 0 Å². The van der Waals surface area contributed by atoms with E-state index in [9.17, 15) is 0 Å². The zero-order valence-corrected chi connectivity index (χ0v) is 13.6. The molecule has 0 heterocycles. The Labute approximate surface area is 110 Å². The van der Waals surface area contributed by atoms with Gasteiger partial charge in [0.25, 0.3) is 0 Å². The lowest BCUT2D eigenvalue weighted by Gasteiger charge is -2.21. The van der Waals surface area contributed by atoms with Crippen molar-refractivity contribution in [3.63, 3.8) is 0 Å². The lowest BCUT2D eigenvalue weighted by Crippen LogP contribution is -2.08. The van der Waals surface area contributed by atoms with Gasteiger partial charge in [0.1, 0.15) is 0 Å². The number of allylic oxidation sites excluding steroid dienone is 4. The van der Waals surface area contributed by atoms with E-state index in [4.69, 9.17) is 0 Å². The van der Waals surface area contributed by atoms with Gasteiger partial charge in [-0.05, 0) is 44.9 Å². The van der Waals surface area contributed by atoms with Crippen molar-refractivity contribution >= 4 is 0 Å². The molecule has 0 aliphatic carbocycles. The highest BCUT2D eigenvalue weighted by Gasteiger charge is 2.12. The SMILES string of the molecule is CC.CC(C)=C/C=C(\C)C(C)CCC(C)(C)C. The minimum absolute atomic E-state index is 0.463. The summed E-state index contributed by atoms with van der Waals surface area (Å²) in [6, 6.07) is 0. The fraction of sp³-hybridized carbons (Fsp3) is 0.765. The molecule has 0 fully saturated rings. The molecule has 0 rings (SSSR count). The fourth-order valence-corrected chi connectivity index (χ4v) is 1.34. The Hall–Kier alpha value is -0.520.